The molecule has 280 valence electrons. The molecule has 0 fully saturated rings. The molecule has 0 aromatic carbocycles. The van der Waals surface area contributed by atoms with Crippen molar-refractivity contribution in [2.75, 3.05) is 27.2 Å². The fourth-order valence-electron chi connectivity index (χ4n) is 6.61. The largest absolute Gasteiger partial charge is 0.495 e. The molecule has 0 aromatic rings. The maximum Gasteiger partial charge on any atom is 0.311 e. The average molecular weight is 664 g/mol. The molecule has 1 atom stereocenters. The van der Waals surface area contributed by atoms with E-state index < -0.39 is 5.41 Å². The van der Waals surface area contributed by atoms with Gasteiger partial charge in [0.25, 0.3) is 0 Å². The zero-order valence-electron chi connectivity index (χ0n) is 33.5. The van der Waals surface area contributed by atoms with E-state index in [0.717, 1.165) is 76.5 Å². The molecule has 0 aliphatic heterocycles. The predicted molar refractivity (Wildman–Crippen MR) is 207 cm³/mol. The Morgan fingerprint density at radius 1 is 0.617 bits per heavy atom. The van der Waals surface area contributed by atoms with Crippen LogP contribution in [-0.2, 0) is 14.3 Å². The second kappa shape index (κ2) is 29.8. The van der Waals surface area contributed by atoms with Crippen LogP contribution in [0.5, 0.6) is 0 Å². The van der Waals surface area contributed by atoms with Gasteiger partial charge in [-0.25, -0.2) is 0 Å². The fraction of sp³-hybridized carbons (Fsp3) is 0.930. The third-order valence-electron chi connectivity index (χ3n) is 10.1. The van der Waals surface area contributed by atoms with E-state index in [2.05, 4.69) is 67.1 Å². The molecular weight excluding hydrogens is 578 g/mol. The highest BCUT2D eigenvalue weighted by molar-refractivity contribution is 5.75. The molecule has 0 radical (unpaired) electrons. The number of hydrogen-bond acceptors (Lipinski definition) is 4. The Bertz CT molecular complexity index is 729. The molecule has 0 aliphatic carbocycles. The lowest BCUT2D eigenvalue weighted by Gasteiger charge is -2.25. The molecule has 0 aromatic heterocycles. The Labute approximate surface area is 296 Å². The van der Waals surface area contributed by atoms with Gasteiger partial charge in [-0.05, 0) is 104 Å². The highest BCUT2D eigenvalue weighted by Gasteiger charge is 2.28. The van der Waals surface area contributed by atoms with Gasteiger partial charge in [-0.2, -0.15) is 0 Å². The molecule has 4 nitrogen and oxygen atoms in total. The number of hydrogen-bond donors (Lipinski definition) is 0. The number of carbonyl (C=O) groups is 1. The van der Waals surface area contributed by atoms with E-state index in [1.165, 1.54) is 109 Å². The topological polar surface area (TPSA) is 38.8 Å². The van der Waals surface area contributed by atoms with E-state index in [1.54, 1.807) is 0 Å². The summed E-state index contributed by atoms with van der Waals surface area (Å²) in [6.45, 7) is 19.6. The highest BCUT2D eigenvalue weighted by Crippen LogP contribution is 2.31. The molecule has 0 heterocycles. The third-order valence-corrected chi connectivity index (χ3v) is 10.1. The minimum atomic E-state index is -0.401. The summed E-state index contributed by atoms with van der Waals surface area (Å²) in [6, 6.07) is 0. The first kappa shape index (κ1) is 46.0. The lowest BCUT2D eigenvalue weighted by molar-refractivity contribution is -0.154. The van der Waals surface area contributed by atoms with Crippen molar-refractivity contribution >= 4 is 5.97 Å². The van der Waals surface area contributed by atoms with E-state index >= 15 is 0 Å². The monoisotopic (exact) mass is 664 g/mol. The molecule has 0 saturated carbocycles. The minimum absolute atomic E-state index is 0.0238. The van der Waals surface area contributed by atoms with Crippen LogP contribution in [0.1, 0.15) is 215 Å². The summed E-state index contributed by atoms with van der Waals surface area (Å²) in [5.74, 6) is 0.957. The van der Waals surface area contributed by atoms with Crippen LogP contribution >= 0.6 is 0 Å². The van der Waals surface area contributed by atoms with Gasteiger partial charge in [-0.1, -0.05) is 137 Å². The summed E-state index contributed by atoms with van der Waals surface area (Å²) in [5, 5.41) is 0. The predicted octanol–water partition coefficient (Wildman–Crippen LogP) is 13.6. The van der Waals surface area contributed by atoms with Crippen molar-refractivity contribution in [1.29, 1.82) is 0 Å². The van der Waals surface area contributed by atoms with Gasteiger partial charge in [-0.3, -0.25) is 4.79 Å². The molecule has 1 unspecified atom stereocenters. The van der Waals surface area contributed by atoms with Crippen LogP contribution in [0.15, 0.2) is 12.3 Å². The quantitative estimate of drug-likeness (QED) is 0.0384. The van der Waals surface area contributed by atoms with Gasteiger partial charge in [0.2, 0.25) is 0 Å². The van der Waals surface area contributed by atoms with E-state index in [4.69, 9.17) is 9.47 Å². The van der Waals surface area contributed by atoms with E-state index in [0.29, 0.717) is 12.0 Å². The van der Waals surface area contributed by atoms with Crippen molar-refractivity contribution in [2.24, 2.45) is 10.8 Å². The van der Waals surface area contributed by atoms with E-state index in [-0.39, 0.29) is 12.1 Å². The maximum absolute atomic E-state index is 12.7. The van der Waals surface area contributed by atoms with Gasteiger partial charge in [0.05, 0.1) is 23.9 Å². The van der Waals surface area contributed by atoms with Crippen LogP contribution in [0.25, 0.3) is 0 Å². The standard InChI is InChI=1S/C43H85NO3/c1-10-12-14-16-18-26-34-42(4,5)35-27-20-24-32-40(47-39(3)31-23-22-29-37-44(8)9)33-25-21-28-36-43(6,7)41(45)46-38-30-19-17-15-13-11-2/h40H,3,10-38H2,1-2,4-9H3. The van der Waals surface area contributed by atoms with Crippen LogP contribution < -0.4 is 0 Å². The Kier molecular flexibility index (Phi) is 29.2. The smallest absolute Gasteiger partial charge is 0.311 e. The maximum atomic E-state index is 12.7. The first-order valence-corrected chi connectivity index (χ1v) is 20.6. The Balaban J connectivity index is 4.53. The zero-order valence-corrected chi connectivity index (χ0v) is 33.5. The van der Waals surface area contributed by atoms with Gasteiger partial charge in [0.1, 0.15) is 0 Å². The zero-order chi connectivity index (χ0) is 35.2. The molecule has 0 amide bonds. The molecule has 0 spiro atoms. The first-order valence-electron chi connectivity index (χ1n) is 20.6. The lowest BCUT2D eigenvalue weighted by atomic mass is 9.81. The second-order valence-corrected chi connectivity index (χ2v) is 16.6. The summed E-state index contributed by atoms with van der Waals surface area (Å²) in [6.07, 6.45) is 33.5. The summed E-state index contributed by atoms with van der Waals surface area (Å²) in [4.78, 5) is 15.0. The van der Waals surface area contributed by atoms with Crippen LogP contribution in [0, 0.1) is 10.8 Å². The van der Waals surface area contributed by atoms with Gasteiger partial charge in [0.15, 0.2) is 0 Å². The molecule has 0 rings (SSSR count). The van der Waals surface area contributed by atoms with E-state index in [1.807, 2.05) is 0 Å². The normalized spacial score (nSPS) is 12.9. The Hall–Kier alpha value is -1.03. The molecule has 0 bridgehead atoms. The molecule has 4 heteroatoms. The van der Waals surface area contributed by atoms with Crippen molar-refractivity contribution < 1.29 is 14.3 Å². The molecule has 0 N–H and O–H groups in total. The molecular formula is C43H85NO3. The van der Waals surface area contributed by atoms with Crippen LogP contribution in [0.4, 0.5) is 0 Å². The number of nitrogens with zero attached hydrogens (tertiary/aromatic N) is 1. The second-order valence-electron chi connectivity index (χ2n) is 16.6. The number of allylic oxidation sites excluding steroid dienone is 1. The van der Waals surface area contributed by atoms with Gasteiger partial charge in [-0.15, -0.1) is 0 Å². The number of esters is 1. The molecule has 0 aliphatic rings. The summed E-state index contributed by atoms with van der Waals surface area (Å²) in [5.41, 5.74) is 0.0672. The first-order chi connectivity index (χ1) is 22.4. The Morgan fingerprint density at radius 3 is 1.64 bits per heavy atom. The van der Waals surface area contributed by atoms with Gasteiger partial charge in [0, 0.05) is 6.42 Å². The molecule has 0 saturated heterocycles. The summed E-state index contributed by atoms with van der Waals surface area (Å²) in [7, 11) is 4.29. The van der Waals surface area contributed by atoms with Crippen LogP contribution in [0.3, 0.4) is 0 Å². The van der Waals surface area contributed by atoms with Crippen LogP contribution in [0.2, 0.25) is 0 Å². The third kappa shape index (κ3) is 29.6. The van der Waals surface area contributed by atoms with Crippen LogP contribution in [-0.4, -0.2) is 44.2 Å². The number of unbranched alkanes of at least 4 members (excludes halogenated alkanes) is 16. The average Bonchev–Trinajstić information content (AvgIpc) is 3.01. The minimum Gasteiger partial charge on any atom is -0.495 e. The number of ether oxygens (including phenoxy) is 2. The van der Waals surface area contributed by atoms with Gasteiger partial charge >= 0.3 is 5.97 Å². The number of rotatable bonds is 35. The van der Waals surface area contributed by atoms with E-state index in [9.17, 15) is 4.79 Å². The lowest BCUT2D eigenvalue weighted by Crippen LogP contribution is -2.27. The molecule has 47 heavy (non-hydrogen) atoms. The Morgan fingerprint density at radius 2 is 1.09 bits per heavy atom. The van der Waals surface area contributed by atoms with Crippen molar-refractivity contribution in [1.82, 2.24) is 4.90 Å². The summed E-state index contributed by atoms with van der Waals surface area (Å²) < 4.78 is 12.2. The van der Waals surface area contributed by atoms with Gasteiger partial charge < -0.3 is 14.4 Å². The highest BCUT2D eigenvalue weighted by atomic mass is 16.5. The SMILES string of the molecule is C=C(CCCCCN(C)C)OC(CCCCCC(C)(C)CCCCCCCC)CCCCCC(C)(C)C(=O)OCCCCCCCC. The van der Waals surface area contributed by atoms with Crippen molar-refractivity contribution in [2.45, 2.75) is 221 Å². The van der Waals surface area contributed by atoms with Crippen molar-refractivity contribution in [3.8, 4) is 0 Å². The summed E-state index contributed by atoms with van der Waals surface area (Å²) >= 11 is 0. The number of carbonyl (C=O) groups excluding carboxylic acids is 1. The van der Waals surface area contributed by atoms with Crippen molar-refractivity contribution in [3.05, 3.63) is 12.3 Å². The fourth-order valence-corrected chi connectivity index (χ4v) is 6.61. The van der Waals surface area contributed by atoms with Crippen molar-refractivity contribution in [3.63, 3.8) is 0 Å².